The number of anilines is 1. The van der Waals surface area contributed by atoms with Gasteiger partial charge in [-0.3, -0.25) is 9.80 Å². The van der Waals surface area contributed by atoms with Crippen LogP contribution in [-0.4, -0.2) is 116 Å². The number of fused-ring (bicyclic) bond motifs is 6. The number of hydrogen-bond acceptors (Lipinski definition) is 10. The van der Waals surface area contributed by atoms with E-state index in [1.54, 1.807) is 14.2 Å². The number of methoxy groups -OCH3 is 2. The highest BCUT2D eigenvalue weighted by Gasteiger charge is 2.79. The summed E-state index contributed by atoms with van der Waals surface area (Å²) in [6, 6.07) is 12.0. The second kappa shape index (κ2) is 12.7. The topological polar surface area (TPSA) is 120 Å². The van der Waals surface area contributed by atoms with Crippen LogP contribution in [0.3, 0.4) is 0 Å². The van der Waals surface area contributed by atoms with Gasteiger partial charge in [0.15, 0.2) is 0 Å². The summed E-state index contributed by atoms with van der Waals surface area (Å²) in [5, 5.41) is 26.5. The van der Waals surface area contributed by atoms with E-state index in [9.17, 15) is 15.0 Å². The van der Waals surface area contributed by atoms with E-state index < -0.39 is 40.0 Å². The largest absolute Gasteiger partial charge is 0.496 e. The molecule has 11 nitrogen and oxygen atoms in total. The first-order valence-electron chi connectivity index (χ1n) is 19.6. The summed E-state index contributed by atoms with van der Waals surface area (Å²) in [6.45, 7) is 8.69. The van der Waals surface area contributed by atoms with Gasteiger partial charge in [0.25, 0.3) is 0 Å². The summed E-state index contributed by atoms with van der Waals surface area (Å²) in [6.07, 6.45) is 8.21. The van der Waals surface area contributed by atoms with Crippen molar-refractivity contribution in [2.45, 2.75) is 80.7 Å². The molecule has 1 saturated carbocycles. The third kappa shape index (κ3) is 4.48. The Balaban J connectivity index is 1.35. The van der Waals surface area contributed by atoms with E-state index in [1.807, 2.05) is 11.9 Å². The highest BCUT2D eigenvalue weighted by Crippen LogP contribution is 2.67. The molecule has 6 heterocycles. The number of aliphatic hydroxyl groups is 2. The quantitative estimate of drug-likeness (QED) is 0.131. The number of aliphatic hydroxyl groups excluding tert-OH is 1. The SMILES string of the molecule is CCC1=C[C@@H]2CN(C1)Cc1c([nH]c3ccccc13)C(COOC)(c1cc3c(cc1OC)N(C)C1C(O)(C(=O)OC)C(O)[C@]4(CC)C=CCN5CC[C@]31C54)C2. The van der Waals surface area contributed by atoms with Gasteiger partial charge < -0.3 is 29.6 Å². The number of carbonyl (C=O) groups excluding carboxylic acids is 1. The number of carbonyl (C=O) groups is 1. The number of benzene rings is 2. The van der Waals surface area contributed by atoms with E-state index in [1.165, 1.54) is 23.6 Å². The Morgan fingerprint density at radius 1 is 1.07 bits per heavy atom. The van der Waals surface area contributed by atoms with Gasteiger partial charge in [0.2, 0.25) is 5.60 Å². The fourth-order valence-electron chi connectivity index (χ4n) is 12.5. The summed E-state index contributed by atoms with van der Waals surface area (Å²) >= 11 is 0. The Morgan fingerprint density at radius 2 is 1.89 bits per heavy atom. The third-order valence-electron chi connectivity index (χ3n) is 14.6. The highest BCUT2D eigenvalue weighted by molar-refractivity contribution is 5.88. The van der Waals surface area contributed by atoms with Crippen LogP contribution in [-0.2, 0) is 36.7 Å². The Bertz CT molecular complexity index is 2060. The van der Waals surface area contributed by atoms with Gasteiger partial charge in [0.05, 0.1) is 39.4 Å². The zero-order valence-corrected chi connectivity index (χ0v) is 32.4. The lowest BCUT2D eigenvalue weighted by atomic mass is 9.47. The Kier molecular flexibility index (Phi) is 8.43. The maximum Gasteiger partial charge on any atom is 0.342 e. The minimum absolute atomic E-state index is 0.177. The number of H-pyrrole nitrogens is 1. The van der Waals surface area contributed by atoms with Crippen molar-refractivity contribution in [1.82, 2.24) is 14.8 Å². The molecule has 6 unspecified atom stereocenters. The highest BCUT2D eigenvalue weighted by atomic mass is 17.2. The number of esters is 1. The third-order valence-corrected chi connectivity index (χ3v) is 14.6. The van der Waals surface area contributed by atoms with Crippen LogP contribution in [0.25, 0.3) is 10.9 Å². The molecule has 2 fully saturated rings. The van der Waals surface area contributed by atoms with Crippen molar-refractivity contribution in [1.29, 1.82) is 0 Å². The maximum atomic E-state index is 14.0. The molecule has 5 aliphatic heterocycles. The van der Waals surface area contributed by atoms with Gasteiger partial charge in [-0.2, -0.15) is 0 Å². The molecular formula is C43H54N4O7. The van der Waals surface area contributed by atoms with Crippen LogP contribution < -0.4 is 9.64 Å². The van der Waals surface area contributed by atoms with Gasteiger partial charge in [-0.05, 0) is 61.4 Å². The smallest absolute Gasteiger partial charge is 0.342 e. The number of ether oxygens (including phenoxy) is 2. The first-order chi connectivity index (χ1) is 26.1. The summed E-state index contributed by atoms with van der Waals surface area (Å²) in [5.41, 5.74) is 3.14. The van der Waals surface area contributed by atoms with Crippen molar-refractivity contribution >= 4 is 22.6 Å². The van der Waals surface area contributed by atoms with Gasteiger partial charge in [-0.25, -0.2) is 14.6 Å². The molecular weight excluding hydrogens is 684 g/mol. The van der Waals surface area contributed by atoms with Crippen molar-refractivity contribution < 1.29 is 34.3 Å². The van der Waals surface area contributed by atoms with E-state index in [2.05, 4.69) is 83.3 Å². The van der Waals surface area contributed by atoms with Gasteiger partial charge in [0.1, 0.15) is 11.9 Å². The average molecular weight is 739 g/mol. The molecule has 1 spiro atoms. The van der Waals surface area contributed by atoms with Crippen molar-refractivity contribution in [2.24, 2.45) is 11.3 Å². The van der Waals surface area contributed by atoms with Gasteiger partial charge in [0, 0.05) is 84.0 Å². The van der Waals surface area contributed by atoms with E-state index in [0.29, 0.717) is 18.6 Å². The molecule has 2 bridgehead atoms. The normalized spacial score (nSPS) is 36.5. The molecule has 3 N–H and O–H groups in total. The molecule has 1 saturated heterocycles. The molecule has 2 aromatic carbocycles. The molecule has 54 heavy (non-hydrogen) atoms. The second-order valence-corrected chi connectivity index (χ2v) is 16.7. The van der Waals surface area contributed by atoms with Crippen molar-refractivity contribution in [3.05, 3.63) is 82.6 Å². The van der Waals surface area contributed by atoms with Crippen LogP contribution in [0.2, 0.25) is 0 Å². The summed E-state index contributed by atoms with van der Waals surface area (Å²) < 4.78 is 11.8. The number of nitrogens with zero attached hydrogens (tertiary/aromatic N) is 3. The second-order valence-electron chi connectivity index (χ2n) is 16.7. The molecule has 0 radical (unpaired) electrons. The Labute approximate surface area is 317 Å². The monoisotopic (exact) mass is 738 g/mol. The first kappa shape index (κ1) is 36.0. The van der Waals surface area contributed by atoms with E-state index in [0.717, 1.165) is 73.6 Å². The van der Waals surface area contributed by atoms with Crippen molar-refractivity contribution in [3.8, 4) is 5.75 Å². The van der Waals surface area contributed by atoms with Crippen molar-refractivity contribution in [3.63, 3.8) is 0 Å². The predicted octanol–water partition coefficient (Wildman–Crippen LogP) is 4.59. The Hall–Kier alpha value is -3.71. The van der Waals surface area contributed by atoms with Gasteiger partial charge >= 0.3 is 5.97 Å². The molecule has 9 rings (SSSR count). The molecule has 1 aromatic heterocycles. The van der Waals surface area contributed by atoms with E-state index >= 15 is 0 Å². The van der Waals surface area contributed by atoms with Crippen LogP contribution in [0.4, 0.5) is 5.69 Å². The number of nitrogens with one attached hydrogen (secondary N) is 1. The Morgan fingerprint density at radius 3 is 2.63 bits per heavy atom. The molecule has 9 atom stereocenters. The minimum Gasteiger partial charge on any atom is -0.496 e. The van der Waals surface area contributed by atoms with Crippen LogP contribution in [0, 0.1) is 11.3 Å². The lowest BCUT2D eigenvalue weighted by Gasteiger charge is -2.63. The number of aromatic nitrogens is 1. The number of rotatable bonds is 8. The average Bonchev–Trinajstić information content (AvgIpc) is 3.84. The van der Waals surface area contributed by atoms with Crippen LogP contribution in [0.1, 0.15) is 61.9 Å². The van der Waals surface area contributed by atoms with Gasteiger partial charge in [-0.1, -0.05) is 55.8 Å². The standard InChI is InChI=1S/C43H54N4O7/c1-7-26-18-27-21-41(25-54-53-6,35-29(24-46(22-26)23-27)28-12-9-10-13-32(28)44-35)31-19-30-33(20-34(31)51-4)45(3)37-42(30)15-17-47-16-11-14-40(8-2,36(42)47)38(48)43(37,50)39(49)52-5/h9-14,18-20,27,36-38,44,48,50H,7-8,15-17,21-25H2,1-6H3/t27-,36?,37?,38?,40+,41?,42+,43?/m0/s1. The molecule has 1 aliphatic carbocycles. The van der Waals surface area contributed by atoms with Gasteiger partial charge in [-0.15, -0.1) is 0 Å². The lowest BCUT2D eigenvalue weighted by molar-refractivity contribution is -0.281. The minimum atomic E-state index is -2.21. The lowest BCUT2D eigenvalue weighted by Crippen LogP contribution is -2.80. The maximum absolute atomic E-state index is 14.0. The number of likely N-dealkylation sites (N-methyl/N-ethyl adjacent to an activating group) is 1. The summed E-state index contributed by atoms with van der Waals surface area (Å²) in [7, 11) is 6.50. The zero-order chi connectivity index (χ0) is 37.8. The summed E-state index contributed by atoms with van der Waals surface area (Å²) in [4.78, 5) is 36.6. The van der Waals surface area contributed by atoms with Crippen LogP contribution >= 0.6 is 0 Å². The number of para-hydroxylation sites is 1. The van der Waals surface area contributed by atoms with Crippen LogP contribution in [0.5, 0.6) is 5.75 Å². The van der Waals surface area contributed by atoms with Crippen molar-refractivity contribution in [2.75, 3.05) is 66.1 Å². The fraction of sp³-hybridized carbons (Fsp3) is 0.558. The van der Waals surface area contributed by atoms with E-state index in [-0.39, 0.29) is 18.6 Å². The van der Waals surface area contributed by atoms with E-state index in [4.69, 9.17) is 19.2 Å². The molecule has 3 aromatic rings. The molecule has 0 amide bonds. The molecule has 6 aliphatic rings. The predicted molar refractivity (Wildman–Crippen MR) is 205 cm³/mol. The van der Waals surface area contributed by atoms with Crippen LogP contribution in [0.15, 0.2) is 60.2 Å². The molecule has 288 valence electrons. The number of hydrogen-bond donors (Lipinski definition) is 3. The zero-order valence-electron chi connectivity index (χ0n) is 32.4. The molecule has 11 heteroatoms. The summed E-state index contributed by atoms with van der Waals surface area (Å²) in [5.74, 6) is 0.103. The fourth-order valence-corrected chi connectivity index (χ4v) is 12.5. The number of aromatic amines is 1. The first-order valence-corrected chi connectivity index (χ1v) is 19.6.